The molecule has 5 nitrogen and oxygen atoms in total. The van der Waals surface area contributed by atoms with Gasteiger partial charge < -0.3 is 15.0 Å². The van der Waals surface area contributed by atoms with Gasteiger partial charge in [0.25, 0.3) is 0 Å². The molecule has 0 spiro atoms. The van der Waals surface area contributed by atoms with E-state index >= 15 is 0 Å². The lowest BCUT2D eigenvalue weighted by Gasteiger charge is -2.10. The Morgan fingerprint density at radius 1 is 1.28 bits per heavy atom. The largest absolute Gasteiger partial charge is 0.493 e. The van der Waals surface area contributed by atoms with E-state index < -0.39 is 5.54 Å². The molecule has 1 aromatic carbocycles. The van der Waals surface area contributed by atoms with E-state index in [1.165, 1.54) is 0 Å². The number of aromatic nitrogens is 2. The predicted molar refractivity (Wildman–Crippen MR) is 67.2 cm³/mol. The third kappa shape index (κ3) is 3.30. The van der Waals surface area contributed by atoms with Crippen LogP contribution in [0, 0.1) is 0 Å². The highest BCUT2D eigenvalue weighted by atomic mass is 16.5. The highest BCUT2D eigenvalue weighted by molar-refractivity contribution is 5.20. The standard InChI is InChI=1S/C13H17N3O2/c1-13(2,14)12-15-11(16-18-12)8-9-17-10-6-4-3-5-7-10/h3-7H,8-9,14H2,1-2H3. The zero-order valence-corrected chi connectivity index (χ0v) is 10.6. The topological polar surface area (TPSA) is 74.2 Å². The highest BCUT2D eigenvalue weighted by Gasteiger charge is 2.22. The number of nitrogens with zero attached hydrogens (tertiary/aromatic N) is 2. The fraction of sp³-hybridized carbons (Fsp3) is 0.385. The number of hydrogen-bond acceptors (Lipinski definition) is 5. The first-order valence-electron chi connectivity index (χ1n) is 5.85. The average Bonchev–Trinajstić information content (AvgIpc) is 2.79. The fourth-order valence-corrected chi connectivity index (χ4v) is 1.39. The summed E-state index contributed by atoms with van der Waals surface area (Å²) in [6.07, 6.45) is 0.592. The molecule has 0 atom stereocenters. The van der Waals surface area contributed by atoms with E-state index in [0.29, 0.717) is 24.7 Å². The van der Waals surface area contributed by atoms with Crippen LogP contribution in [0.25, 0.3) is 0 Å². The molecule has 2 aromatic rings. The maximum atomic E-state index is 5.86. The lowest BCUT2D eigenvalue weighted by atomic mass is 10.1. The Bertz CT molecular complexity index is 488. The molecule has 5 heteroatoms. The average molecular weight is 247 g/mol. The quantitative estimate of drug-likeness (QED) is 0.873. The molecule has 96 valence electrons. The van der Waals surface area contributed by atoms with E-state index in [4.69, 9.17) is 15.0 Å². The Balaban J connectivity index is 1.86. The Hall–Kier alpha value is -1.88. The van der Waals surface area contributed by atoms with Crippen molar-refractivity contribution in [3.05, 3.63) is 42.0 Å². The Labute approximate surface area is 106 Å². The predicted octanol–water partition coefficient (Wildman–Crippen LogP) is 1.88. The molecular formula is C13H17N3O2. The smallest absolute Gasteiger partial charge is 0.246 e. The molecule has 0 aliphatic carbocycles. The summed E-state index contributed by atoms with van der Waals surface area (Å²) in [4.78, 5) is 4.23. The summed E-state index contributed by atoms with van der Waals surface area (Å²) in [6.45, 7) is 4.16. The molecule has 1 heterocycles. The van der Waals surface area contributed by atoms with Crippen LogP contribution in [-0.2, 0) is 12.0 Å². The summed E-state index contributed by atoms with van der Waals surface area (Å²) in [6, 6.07) is 9.62. The van der Waals surface area contributed by atoms with Crippen molar-refractivity contribution < 1.29 is 9.26 Å². The van der Waals surface area contributed by atoms with Crippen molar-refractivity contribution >= 4 is 0 Å². The van der Waals surface area contributed by atoms with E-state index in [9.17, 15) is 0 Å². The molecule has 0 aliphatic rings. The van der Waals surface area contributed by atoms with Gasteiger partial charge in [0.05, 0.1) is 12.1 Å². The van der Waals surface area contributed by atoms with Crippen LogP contribution >= 0.6 is 0 Å². The summed E-state index contributed by atoms with van der Waals surface area (Å²) in [5.41, 5.74) is 5.26. The Morgan fingerprint density at radius 3 is 2.61 bits per heavy atom. The van der Waals surface area contributed by atoms with Crippen molar-refractivity contribution in [1.29, 1.82) is 0 Å². The SMILES string of the molecule is CC(C)(N)c1nc(CCOc2ccccc2)no1. The zero-order chi connectivity index (χ0) is 13.0. The van der Waals surface area contributed by atoms with Crippen LogP contribution in [0.4, 0.5) is 0 Å². The molecule has 0 radical (unpaired) electrons. The summed E-state index contributed by atoms with van der Waals surface area (Å²) in [7, 11) is 0. The van der Waals surface area contributed by atoms with Gasteiger partial charge in [-0.1, -0.05) is 23.4 Å². The van der Waals surface area contributed by atoms with E-state index in [-0.39, 0.29) is 0 Å². The third-order valence-corrected chi connectivity index (χ3v) is 2.36. The van der Waals surface area contributed by atoms with Gasteiger partial charge in [-0.05, 0) is 26.0 Å². The number of nitrogens with two attached hydrogens (primary N) is 1. The lowest BCUT2D eigenvalue weighted by Crippen LogP contribution is -2.29. The van der Waals surface area contributed by atoms with Crippen LogP contribution in [0.3, 0.4) is 0 Å². The van der Waals surface area contributed by atoms with Gasteiger partial charge in [-0.3, -0.25) is 0 Å². The number of para-hydroxylation sites is 1. The second-order valence-electron chi connectivity index (χ2n) is 4.65. The summed E-state index contributed by atoms with van der Waals surface area (Å²) < 4.78 is 10.6. The van der Waals surface area contributed by atoms with Gasteiger partial charge in [-0.15, -0.1) is 0 Å². The van der Waals surface area contributed by atoms with Crippen LogP contribution in [0.5, 0.6) is 5.75 Å². The molecule has 0 saturated heterocycles. The van der Waals surface area contributed by atoms with Gasteiger partial charge in [-0.25, -0.2) is 0 Å². The fourth-order valence-electron chi connectivity index (χ4n) is 1.39. The van der Waals surface area contributed by atoms with Gasteiger partial charge >= 0.3 is 0 Å². The van der Waals surface area contributed by atoms with Crippen molar-refractivity contribution in [2.24, 2.45) is 5.73 Å². The summed E-state index contributed by atoms with van der Waals surface area (Å²) in [5.74, 6) is 1.89. The molecule has 0 amide bonds. The number of benzene rings is 1. The van der Waals surface area contributed by atoms with Gasteiger partial charge in [0.2, 0.25) is 5.89 Å². The molecule has 2 rings (SSSR count). The van der Waals surface area contributed by atoms with Gasteiger partial charge in [0, 0.05) is 6.42 Å². The van der Waals surface area contributed by atoms with E-state index in [1.54, 1.807) is 0 Å². The minimum atomic E-state index is -0.606. The first-order valence-corrected chi connectivity index (χ1v) is 5.85. The monoisotopic (exact) mass is 247 g/mol. The van der Waals surface area contributed by atoms with Crippen LogP contribution in [0.2, 0.25) is 0 Å². The molecule has 0 aliphatic heterocycles. The molecule has 0 bridgehead atoms. The minimum absolute atomic E-state index is 0.442. The second-order valence-corrected chi connectivity index (χ2v) is 4.65. The number of hydrogen-bond donors (Lipinski definition) is 1. The van der Waals surface area contributed by atoms with Crippen LogP contribution in [0.15, 0.2) is 34.9 Å². The maximum Gasteiger partial charge on any atom is 0.246 e. The van der Waals surface area contributed by atoms with Gasteiger partial charge in [-0.2, -0.15) is 4.98 Å². The van der Waals surface area contributed by atoms with E-state index in [0.717, 1.165) is 5.75 Å². The van der Waals surface area contributed by atoms with Crippen molar-refractivity contribution in [3.63, 3.8) is 0 Å². The van der Waals surface area contributed by atoms with Crippen molar-refractivity contribution in [3.8, 4) is 5.75 Å². The Kier molecular flexibility index (Phi) is 3.62. The first-order chi connectivity index (χ1) is 8.55. The first kappa shape index (κ1) is 12.6. The second kappa shape index (κ2) is 5.18. The molecular weight excluding hydrogens is 230 g/mol. The zero-order valence-electron chi connectivity index (χ0n) is 10.6. The molecule has 18 heavy (non-hydrogen) atoms. The molecule has 0 unspecified atom stereocenters. The van der Waals surface area contributed by atoms with Crippen LogP contribution in [-0.4, -0.2) is 16.7 Å². The normalized spacial score (nSPS) is 11.5. The lowest BCUT2D eigenvalue weighted by molar-refractivity contribution is 0.301. The van der Waals surface area contributed by atoms with Crippen molar-refractivity contribution in [2.45, 2.75) is 25.8 Å². The van der Waals surface area contributed by atoms with Crippen LogP contribution in [0.1, 0.15) is 25.6 Å². The summed E-state index contributed by atoms with van der Waals surface area (Å²) >= 11 is 0. The maximum absolute atomic E-state index is 5.86. The molecule has 1 aromatic heterocycles. The highest BCUT2D eigenvalue weighted by Crippen LogP contribution is 2.14. The minimum Gasteiger partial charge on any atom is -0.493 e. The number of rotatable bonds is 5. The summed E-state index contributed by atoms with van der Waals surface area (Å²) in [5, 5.41) is 3.87. The Morgan fingerprint density at radius 2 is 2.00 bits per heavy atom. The molecule has 2 N–H and O–H groups in total. The third-order valence-electron chi connectivity index (χ3n) is 2.36. The van der Waals surface area contributed by atoms with Crippen LogP contribution < -0.4 is 10.5 Å². The van der Waals surface area contributed by atoms with Gasteiger partial charge in [0.15, 0.2) is 5.82 Å². The molecule has 0 saturated carbocycles. The van der Waals surface area contributed by atoms with Crippen molar-refractivity contribution in [1.82, 2.24) is 10.1 Å². The van der Waals surface area contributed by atoms with Crippen molar-refractivity contribution in [2.75, 3.05) is 6.61 Å². The number of ether oxygens (including phenoxy) is 1. The molecule has 0 fully saturated rings. The van der Waals surface area contributed by atoms with E-state index in [1.807, 2.05) is 44.2 Å². The van der Waals surface area contributed by atoms with E-state index in [2.05, 4.69) is 10.1 Å². The van der Waals surface area contributed by atoms with Gasteiger partial charge in [0.1, 0.15) is 5.75 Å².